The molecule has 1 heterocycles. The van der Waals surface area contributed by atoms with Crippen LogP contribution in [-0.2, 0) is 16.0 Å². The molecule has 5 nitrogen and oxygen atoms in total. The van der Waals surface area contributed by atoms with Gasteiger partial charge in [0.15, 0.2) is 0 Å². The van der Waals surface area contributed by atoms with Gasteiger partial charge in [0.05, 0.1) is 10.7 Å². The normalized spacial score (nSPS) is 10.4. The zero-order chi connectivity index (χ0) is 18.4. The van der Waals surface area contributed by atoms with Crippen LogP contribution in [0, 0.1) is 0 Å². The Morgan fingerprint density at radius 3 is 2.44 bits per heavy atom. The van der Waals surface area contributed by atoms with Gasteiger partial charge in [-0.25, -0.2) is 0 Å². The maximum atomic E-state index is 12.5. The average molecular weight is 380 g/mol. The van der Waals surface area contributed by atoms with E-state index in [0.29, 0.717) is 28.7 Å². The second kappa shape index (κ2) is 8.83. The van der Waals surface area contributed by atoms with E-state index in [1.54, 1.807) is 42.5 Å². The fourth-order valence-corrected chi connectivity index (χ4v) is 2.67. The molecular weight excluding hydrogens is 361 g/mol. The molecule has 0 atom stereocenters. The minimum Gasteiger partial charge on any atom is -0.344 e. The summed E-state index contributed by atoms with van der Waals surface area (Å²) in [6, 6.07) is 8.63. The minimum absolute atomic E-state index is 0.0950. The summed E-state index contributed by atoms with van der Waals surface area (Å²) < 4.78 is 0. The number of hydrogen-bond acceptors (Lipinski definition) is 3. The van der Waals surface area contributed by atoms with E-state index < -0.39 is 0 Å². The number of likely N-dealkylation sites (N-methyl/N-ethyl adjacent to an activating group) is 1. The topological polar surface area (TPSA) is 53.5 Å². The van der Waals surface area contributed by atoms with Crippen molar-refractivity contribution in [2.45, 2.75) is 13.3 Å². The molecule has 0 N–H and O–H groups in total. The van der Waals surface area contributed by atoms with Crippen LogP contribution < -0.4 is 4.90 Å². The highest BCUT2D eigenvalue weighted by Gasteiger charge is 2.20. The zero-order valence-electron chi connectivity index (χ0n) is 14.1. The first-order valence-electron chi connectivity index (χ1n) is 7.74. The molecule has 0 aliphatic heterocycles. The third-order valence-electron chi connectivity index (χ3n) is 3.78. The van der Waals surface area contributed by atoms with Crippen molar-refractivity contribution in [3.05, 3.63) is 58.3 Å². The van der Waals surface area contributed by atoms with Gasteiger partial charge in [-0.1, -0.05) is 23.2 Å². The van der Waals surface area contributed by atoms with Crippen LogP contribution in [0.5, 0.6) is 0 Å². The van der Waals surface area contributed by atoms with Crippen molar-refractivity contribution < 1.29 is 9.59 Å². The van der Waals surface area contributed by atoms with Gasteiger partial charge < -0.3 is 9.80 Å². The van der Waals surface area contributed by atoms with E-state index in [1.165, 1.54) is 11.8 Å². The van der Waals surface area contributed by atoms with Gasteiger partial charge in [-0.15, -0.1) is 0 Å². The fraction of sp³-hybridized carbons (Fsp3) is 0.278. The summed E-state index contributed by atoms with van der Waals surface area (Å²) in [5.74, 6) is -0.458. The number of benzene rings is 1. The van der Waals surface area contributed by atoms with Crippen molar-refractivity contribution in [2.24, 2.45) is 0 Å². The van der Waals surface area contributed by atoms with Crippen LogP contribution in [0.15, 0.2) is 42.7 Å². The molecule has 7 heteroatoms. The summed E-state index contributed by atoms with van der Waals surface area (Å²) in [5, 5.41) is 0.816. The molecule has 0 saturated heterocycles. The van der Waals surface area contributed by atoms with E-state index in [2.05, 4.69) is 4.98 Å². The van der Waals surface area contributed by atoms with Gasteiger partial charge in [0.2, 0.25) is 11.8 Å². The van der Waals surface area contributed by atoms with Crippen LogP contribution >= 0.6 is 23.2 Å². The Hall–Kier alpha value is -2.11. The van der Waals surface area contributed by atoms with Gasteiger partial charge in [-0.05, 0) is 42.3 Å². The molecule has 0 fully saturated rings. The molecule has 0 saturated carbocycles. The largest absolute Gasteiger partial charge is 0.344 e. The molecule has 0 radical (unpaired) electrons. The number of pyridine rings is 1. The molecule has 2 amide bonds. The van der Waals surface area contributed by atoms with Crippen LogP contribution in [0.4, 0.5) is 5.69 Å². The van der Waals surface area contributed by atoms with Crippen LogP contribution in [0.1, 0.15) is 12.5 Å². The lowest BCUT2D eigenvalue weighted by Gasteiger charge is -2.25. The second-order valence-corrected chi connectivity index (χ2v) is 6.47. The van der Waals surface area contributed by atoms with Crippen molar-refractivity contribution in [3.63, 3.8) is 0 Å². The van der Waals surface area contributed by atoms with E-state index in [4.69, 9.17) is 23.2 Å². The molecule has 2 rings (SSSR count). The fourth-order valence-electron chi connectivity index (χ4n) is 2.29. The predicted molar refractivity (Wildman–Crippen MR) is 100 cm³/mol. The highest BCUT2D eigenvalue weighted by molar-refractivity contribution is 6.35. The molecule has 132 valence electrons. The molecule has 0 aliphatic rings. The summed E-state index contributed by atoms with van der Waals surface area (Å²) >= 11 is 12.1. The van der Waals surface area contributed by atoms with E-state index in [1.807, 2.05) is 12.1 Å². The van der Waals surface area contributed by atoms with Crippen molar-refractivity contribution in [3.8, 4) is 0 Å². The summed E-state index contributed by atoms with van der Waals surface area (Å²) in [4.78, 5) is 31.4. The Labute approximate surface area is 157 Å². The average Bonchev–Trinajstić information content (AvgIpc) is 2.60. The van der Waals surface area contributed by atoms with Gasteiger partial charge in [0.1, 0.15) is 6.54 Å². The van der Waals surface area contributed by atoms with Crippen molar-refractivity contribution in [1.82, 2.24) is 9.88 Å². The van der Waals surface area contributed by atoms with Crippen molar-refractivity contribution in [1.29, 1.82) is 0 Å². The number of halogens is 2. The summed E-state index contributed by atoms with van der Waals surface area (Å²) in [7, 11) is 1.71. The summed E-state index contributed by atoms with van der Waals surface area (Å²) in [6.07, 6.45) is 4.15. The molecule has 0 spiro atoms. The van der Waals surface area contributed by atoms with Crippen LogP contribution in [0.3, 0.4) is 0 Å². The van der Waals surface area contributed by atoms with Crippen LogP contribution in [0.2, 0.25) is 10.0 Å². The van der Waals surface area contributed by atoms with Crippen molar-refractivity contribution >= 4 is 40.7 Å². The van der Waals surface area contributed by atoms with Crippen LogP contribution in [0.25, 0.3) is 0 Å². The lowest BCUT2D eigenvalue weighted by molar-refractivity contribution is -0.130. The Morgan fingerprint density at radius 1 is 1.12 bits per heavy atom. The zero-order valence-corrected chi connectivity index (χ0v) is 15.6. The van der Waals surface area contributed by atoms with Crippen molar-refractivity contribution in [2.75, 3.05) is 25.0 Å². The number of aromatic nitrogens is 1. The number of amides is 2. The predicted octanol–water partition coefficient (Wildman–Crippen LogP) is 3.44. The third kappa shape index (κ3) is 5.44. The van der Waals surface area contributed by atoms with Gasteiger partial charge >= 0.3 is 0 Å². The van der Waals surface area contributed by atoms with Gasteiger partial charge in [-0.3, -0.25) is 14.6 Å². The molecule has 0 aliphatic carbocycles. The Balaban J connectivity index is 2.04. The SMILES string of the molecule is CC(=O)N(CC(=O)N(C)CCc1ccncc1)c1cc(Cl)ccc1Cl. The number of anilines is 1. The molecule has 0 bridgehead atoms. The maximum Gasteiger partial charge on any atom is 0.242 e. The third-order valence-corrected chi connectivity index (χ3v) is 4.34. The van der Waals surface area contributed by atoms with Gasteiger partial charge in [-0.2, -0.15) is 0 Å². The molecule has 1 aromatic carbocycles. The molecule has 1 aromatic heterocycles. The molecular formula is C18H19Cl2N3O2. The second-order valence-electron chi connectivity index (χ2n) is 5.62. The number of hydrogen-bond donors (Lipinski definition) is 0. The Bertz CT molecular complexity index is 753. The number of carbonyl (C=O) groups is 2. The molecule has 0 unspecified atom stereocenters. The van der Waals surface area contributed by atoms with Gasteiger partial charge in [0.25, 0.3) is 0 Å². The Morgan fingerprint density at radius 2 is 1.80 bits per heavy atom. The quantitative estimate of drug-likeness (QED) is 0.772. The smallest absolute Gasteiger partial charge is 0.242 e. The van der Waals surface area contributed by atoms with E-state index in [-0.39, 0.29) is 18.4 Å². The first-order chi connectivity index (χ1) is 11.9. The summed E-state index contributed by atoms with van der Waals surface area (Å²) in [6.45, 7) is 1.83. The monoisotopic (exact) mass is 379 g/mol. The number of carbonyl (C=O) groups excluding carboxylic acids is 2. The number of rotatable bonds is 6. The lowest BCUT2D eigenvalue weighted by Crippen LogP contribution is -2.41. The summed E-state index contributed by atoms with van der Waals surface area (Å²) in [5.41, 5.74) is 1.52. The molecule has 2 aromatic rings. The highest BCUT2D eigenvalue weighted by atomic mass is 35.5. The maximum absolute atomic E-state index is 12.5. The van der Waals surface area contributed by atoms with Crippen LogP contribution in [-0.4, -0.2) is 41.8 Å². The van der Waals surface area contributed by atoms with E-state index >= 15 is 0 Å². The first kappa shape index (κ1) is 19.2. The first-order valence-corrected chi connectivity index (χ1v) is 8.50. The highest BCUT2D eigenvalue weighted by Crippen LogP contribution is 2.29. The van der Waals surface area contributed by atoms with Gasteiger partial charge in [0, 0.05) is 37.9 Å². The lowest BCUT2D eigenvalue weighted by atomic mass is 10.2. The number of nitrogens with zero attached hydrogens (tertiary/aromatic N) is 3. The van der Waals surface area contributed by atoms with E-state index in [0.717, 1.165) is 5.56 Å². The van der Waals surface area contributed by atoms with E-state index in [9.17, 15) is 9.59 Å². The minimum atomic E-state index is -0.278. The standard InChI is InChI=1S/C18H19Cl2N3O2/c1-13(24)23(17-11-15(19)3-4-16(17)20)12-18(25)22(2)10-7-14-5-8-21-9-6-14/h3-6,8-9,11H,7,10,12H2,1-2H3. The Kier molecular flexibility index (Phi) is 6.79. The molecule has 25 heavy (non-hydrogen) atoms.